The Morgan fingerprint density at radius 3 is 2.47 bits per heavy atom. The summed E-state index contributed by atoms with van der Waals surface area (Å²) >= 11 is 0. The molecular weight excluding hydrogens is 459 g/mol. The van der Waals surface area contributed by atoms with Crippen molar-refractivity contribution in [3.05, 3.63) is 41.5 Å². The third-order valence-electron chi connectivity index (χ3n) is 6.82. The van der Waals surface area contributed by atoms with Crippen LogP contribution in [0.25, 0.3) is 11.3 Å². The minimum atomic E-state index is -4.73. The van der Waals surface area contributed by atoms with Crippen molar-refractivity contribution in [3.8, 4) is 11.3 Å². The molecule has 0 amide bonds. The topological polar surface area (TPSA) is 59.5 Å². The van der Waals surface area contributed by atoms with Crippen LogP contribution in [0.3, 0.4) is 0 Å². The summed E-state index contributed by atoms with van der Waals surface area (Å²) in [4.78, 5) is 2.34. The van der Waals surface area contributed by atoms with Gasteiger partial charge in [-0.2, -0.15) is 13.2 Å². The molecule has 2 aliphatic heterocycles. The first kappa shape index (κ1) is 23.4. The van der Waals surface area contributed by atoms with Crippen molar-refractivity contribution in [2.24, 2.45) is 11.8 Å². The molecule has 11 heteroatoms. The zero-order valence-corrected chi connectivity index (χ0v) is 18.3. The van der Waals surface area contributed by atoms with Crippen LogP contribution in [-0.2, 0) is 15.7 Å². The van der Waals surface area contributed by atoms with Crippen LogP contribution in [0.15, 0.2) is 24.3 Å². The van der Waals surface area contributed by atoms with E-state index in [0.717, 1.165) is 56.7 Å². The Balaban J connectivity index is 1.26. The molecule has 3 heterocycles. The second-order valence-electron chi connectivity index (χ2n) is 9.23. The molecule has 3 fully saturated rings. The number of fused-ring (bicyclic) bond motifs is 1. The van der Waals surface area contributed by atoms with Crippen LogP contribution < -0.4 is 5.32 Å². The van der Waals surface area contributed by atoms with Gasteiger partial charge in [-0.1, -0.05) is 0 Å². The first-order chi connectivity index (χ1) is 16.3. The van der Waals surface area contributed by atoms with Crippen LogP contribution in [0.2, 0.25) is 0 Å². The van der Waals surface area contributed by atoms with Crippen LogP contribution >= 0.6 is 0 Å². The third-order valence-corrected chi connectivity index (χ3v) is 6.82. The number of hydrogen-bond donors (Lipinski definition) is 1. The maximum absolute atomic E-state index is 14.1. The Morgan fingerprint density at radius 2 is 1.79 bits per heavy atom. The quantitative estimate of drug-likeness (QED) is 0.648. The fraction of sp³-hybridized carbons (Fsp3) is 0.565. The van der Waals surface area contributed by atoms with E-state index in [1.54, 1.807) is 0 Å². The highest BCUT2D eigenvalue weighted by molar-refractivity contribution is 5.63. The monoisotopic (exact) mass is 484 g/mol. The summed E-state index contributed by atoms with van der Waals surface area (Å²) < 4.78 is 80.2. The molecule has 4 atom stereocenters. The van der Waals surface area contributed by atoms with E-state index in [9.17, 15) is 22.0 Å². The SMILES string of the molecule is Fc1ccc(F)c(-c2cc(C(F)(F)F)c(NC3C[C@@H]4CN(C[C@@H]5COCCO5)C[C@@H]4C3)nn2)c1. The molecule has 1 N–H and O–H groups in total. The van der Waals surface area contributed by atoms with E-state index in [0.29, 0.717) is 31.7 Å². The van der Waals surface area contributed by atoms with Gasteiger partial charge in [-0.3, -0.25) is 0 Å². The van der Waals surface area contributed by atoms with Gasteiger partial charge in [0.15, 0.2) is 5.82 Å². The van der Waals surface area contributed by atoms with Gasteiger partial charge in [0.1, 0.15) is 17.2 Å². The minimum absolute atomic E-state index is 0.0626. The molecule has 0 radical (unpaired) electrons. The van der Waals surface area contributed by atoms with Gasteiger partial charge in [0, 0.05) is 31.2 Å². The van der Waals surface area contributed by atoms with Gasteiger partial charge in [0.05, 0.1) is 31.6 Å². The van der Waals surface area contributed by atoms with E-state index >= 15 is 0 Å². The van der Waals surface area contributed by atoms with Crippen LogP contribution in [-0.4, -0.2) is 66.7 Å². The van der Waals surface area contributed by atoms with Crippen molar-refractivity contribution in [1.82, 2.24) is 15.1 Å². The second-order valence-corrected chi connectivity index (χ2v) is 9.23. The number of likely N-dealkylation sites (tertiary alicyclic amines) is 1. The highest BCUT2D eigenvalue weighted by Gasteiger charge is 2.43. The van der Waals surface area contributed by atoms with E-state index in [1.165, 1.54) is 0 Å². The Hall–Kier alpha value is -2.37. The lowest BCUT2D eigenvalue weighted by molar-refractivity contribution is -0.137. The number of ether oxygens (including phenoxy) is 2. The zero-order chi connectivity index (χ0) is 23.9. The van der Waals surface area contributed by atoms with Crippen molar-refractivity contribution >= 4 is 5.82 Å². The summed E-state index contributed by atoms with van der Waals surface area (Å²) in [5, 5.41) is 10.4. The van der Waals surface area contributed by atoms with Gasteiger partial charge in [0.25, 0.3) is 0 Å². The lowest BCUT2D eigenvalue weighted by Crippen LogP contribution is -2.39. The molecular formula is C23H25F5N4O2. The van der Waals surface area contributed by atoms with Crippen molar-refractivity contribution in [3.63, 3.8) is 0 Å². The molecule has 2 aromatic rings. The van der Waals surface area contributed by atoms with E-state index in [4.69, 9.17) is 9.47 Å². The Bertz CT molecular complexity index is 1020. The van der Waals surface area contributed by atoms with Crippen LogP contribution in [0, 0.1) is 23.5 Å². The predicted octanol–water partition coefficient (Wildman–Crippen LogP) is 3.98. The van der Waals surface area contributed by atoms with E-state index in [-0.39, 0.29) is 29.2 Å². The lowest BCUT2D eigenvalue weighted by atomic mass is 10.0. The molecule has 2 saturated heterocycles. The van der Waals surface area contributed by atoms with Crippen molar-refractivity contribution in [1.29, 1.82) is 0 Å². The number of nitrogens with one attached hydrogen (secondary N) is 1. The van der Waals surface area contributed by atoms with E-state index in [1.807, 2.05) is 0 Å². The predicted molar refractivity (Wildman–Crippen MR) is 113 cm³/mol. The maximum atomic E-state index is 14.1. The summed E-state index contributed by atoms with van der Waals surface area (Å²) in [6.07, 6.45) is -3.22. The summed E-state index contributed by atoms with van der Waals surface area (Å²) in [5.41, 5.74) is -1.79. The number of halogens is 5. The van der Waals surface area contributed by atoms with Gasteiger partial charge in [-0.25, -0.2) is 8.78 Å². The lowest BCUT2D eigenvalue weighted by Gasteiger charge is -2.28. The van der Waals surface area contributed by atoms with Crippen molar-refractivity contribution in [2.75, 3.05) is 44.8 Å². The third kappa shape index (κ3) is 5.01. The molecule has 1 unspecified atom stereocenters. The van der Waals surface area contributed by atoms with E-state index < -0.39 is 23.4 Å². The zero-order valence-electron chi connectivity index (χ0n) is 18.3. The number of anilines is 1. The number of benzene rings is 1. The van der Waals surface area contributed by atoms with Crippen LogP contribution in [0.1, 0.15) is 18.4 Å². The molecule has 3 aliphatic rings. The molecule has 6 nitrogen and oxygen atoms in total. The number of alkyl halides is 3. The first-order valence-electron chi connectivity index (χ1n) is 11.3. The molecule has 1 aromatic heterocycles. The average Bonchev–Trinajstić information content (AvgIpc) is 3.33. The highest BCUT2D eigenvalue weighted by atomic mass is 19.4. The number of nitrogens with zero attached hydrogens (tertiary/aromatic N) is 3. The summed E-state index contributed by atoms with van der Waals surface area (Å²) in [5.74, 6) is -1.27. The van der Waals surface area contributed by atoms with Crippen LogP contribution in [0.4, 0.5) is 27.8 Å². The molecule has 1 saturated carbocycles. The molecule has 184 valence electrons. The Labute approximate surface area is 193 Å². The van der Waals surface area contributed by atoms with Gasteiger partial charge in [-0.05, 0) is 48.9 Å². The number of hydrogen-bond acceptors (Lipinski definition) is 6. The van der Waals surface area contributed by atoms with Gasteiger partial charge < -0.3 is 19.7 Å². The fourth-order valence-electron chi connectivity index (χ4n) is 5.33. The minimum Gasteiger partial charge on any atom is -0.376 e. The molecule has 0 bridgehead atoms. The summed E-state index contributed by atoms with van der Waals surface area (Å²) in [6.45, 7) is 4.36. The Morgan fingerprint density at radius 1 is 1.03 bits per heavy atom. The standard InChI is InChI=1S/C23H25F5N4O2/c24-15-1-2-20(25)18(7-15)21-8-19(23(26,27)28)22(31-30-21)29-16-5-13-9-32(10-14(13)6-16)11-17-12-33-3-4-34-17/h1-2,7-8,13-14,16-17H,3-6,9-12H2,(H,29,31)/t13-,14+,16?,17-/m1/s1. The smallest absolute Gasteiger partial charge is 0.376 e. The van der Waals surface area contributed by atoms with Crippen molar-refractivity contribution < 1.29 is 31.4 Å². The summed E-state index contributed by atoms with van der Waals surface area (Å²) in [6, 6.07) is 3.09. The first-order valence-corrected chi connectivity index (χ1v) is 11.3. The molecule has 34 heavy (non-hydrogen) atoms. The van der Waals surface area contributed by atoms with E-state index in [2.05, 4.69) is 20.4 Å². The molecule has 1 aliphatic carbocycles. The van der Waals surface area contributed by atoms with Gasteiger partial charge in [-0.15, -0.1) is 10.2 Å². The molecule has 5 rings (SSSR count). The fourth-order valence-corrected chi connectivity index (χ4v) is 5.33. The largest absolute Gasteiger partial charge is 0.420 e. The normalized spacial score (nSPS) is 27.7. The van der Waals surface area contributed by atoms with Crippen molar-refractivity contribution in [2.45, 2.75) is 31.2 Å². The highest BCUT2D eigenvalue weighted by Crippen LogP contribution is 2.41. The van der Waals surface area contributed by atoms with Gasteiger partial charge in [0.2, 0.25) is 0 Å². The second kappa shape index (κ2) is 9.35. The number of aromatic nitrogens is 2. The average molecular weight is 484 g/mol. The molecule has 0 spiro atoms. The Kier molecular flexibility index (Phi) is 6.43. The van der Waals surface area contributed by atoms with Crippen LogP contribution in [0.5, 0.6) is 0 Å². The molecule has 1 aromatic carbocycles. The summed E-state index contributed by atoms with van der Waals surface area (Å²) in [7, 11) is 0. The van der Waals surface area contributed by atoms with Gasteiger partial charge >= 0.3 is 6.18 Å². The number of rotatable bonds is 5. The maximum Gasteiger partial charge on any atom is 0.420 e.